The number of nitrogens with zero attached hydrogens (tertiary/aromatic N) is 1. The number of amides is 1. The molecule has 0 radical (unpaired) electrons. The van der Waals surface area contributed by atoms with Crippen LogP contribution in [0.3, 0.4) is 0 Å². The number of halogens is 1. The van der Waals surface area contributed by atoms with Crippen molar-refractivity contribution in [2.75, 3.05) is 32.5 Å². The van der Waals surface area contributed by atoms with Gasteiger partial charge in [0.25, 0.3) is 5.91 Å². The molecule has 2 aromatic carbocycles. The standard InChI is InChI=1S/C21H26ClN3O2/c1-27-20-12-19(23)18(22)11-17(20)21(26)24-13-15-7-9-25(10-8-15)14-16-5-3-2-4-6-16/h2-6,11-12,15H,7-10,13-14,23H2,1H3,(H,24,26). The number of anilines is 1. The highest BCUT2D eigenvalue weighted by atomic mass is 35.5. The van der Waals surface area contributed by atoms with Gasteiger partial charge < -0.3 is 15.8 Å². The summed E-state index contributed by atoms with van der Waals surface area (Å²) in [4.78, 5) is 15.0. The highest BCUT2D eigenvalue weighted by Gasteiger charge is 2.21. The van der Waals surface area contributed by atoms with Crippen LogP contribution in [0.4, 0.5) is 5.69 Å². The maximum absolute atomic E-state index is 12.5. The summed E-state index contributed by atoms with van der Waals surface area (Å²) in [5.74, 6) is 0.740. The van der Waals surface area contributed by atoms with E-state index < -0.39 is 0 Å². The fourth-order valence-corrected chi connectivity index (χ4v) is 3.60. The second kappa shape index (κ2) is 9.11. The summed E-state index contributed by atoms with van der Waals surface area (Å²) >= 11 is 6.05. The van der Waals surface area contributed by atoms with Gasteiger partial charge in [0, 0.05) is 19.2 Å². The minimum Gasteiger partial charge on any atom is -0.496 e. The molecule has 0 aliphatic carbocycles. The number of carbonyl (C=O) groups is 1. The van der Waals surface area contributed by atoms with E-state index in [9.17, 15) is 4.79 Å². The first kappa shape index (κ1) is 19.5. The Labute approximate surface area is 165 Å². The van der Waals surface area contributed by atoms with Gasteiger partial charge in [0.15, 0.2) is 0 Å². The topological polar surface area (TPSA) is 67.6 Å². The number of nitrogens with two attached hydrogens (primary N) is 1. The van der Waals surface area contributed by atoms with Gasteiger partial charge in [0.2, 0.25) is 0 Å². The molecule has 144 valence electrons. The average molecular weight is 388 g/mol. The predicted molar refractivity (Wildman–Crippen MR) is 109 cm³/mol. The van der Waals surface area contributed by atoms with E-state index in [0.29, 0.717) is 34.5 Å². The van der Waals surface area contributed by atoms with Crippen LogP contribution >= 0.6 is 11.6 Å². The Bertz CT molecular complexity index is 774. The summed E-state index contributed by atoms with van der Waals surface area (Å²) in [5.41, 5.74) is 7.93. The highest BCUT2D eigenvalue weighted by molar-refractivity contribution is 6.33. The molecule has 0 spiro atoms. The van der Waals surface area contributed by atoms with E-state index in [4.69, 9.17) is 22.1 Å². The third kappa shape index (κ3) is 5.15. The van der Waals surface area contributed by atoms with Crippen molar-refractivity contribution in [1.82, 2.24) is 10.2 Å². The molecule has 27 heavy (non-hydrogen) atoms. The molecule has 0 unspecified atom stereocenters. The molecule has 1 saturated heterocycles. The fraction of sp³-hybridized carbons (Fsp3) is 0.381. The first-order valence-corrected chi connectivity index (χ1v) is 9.62. The maximum atomic E-state index is 12.5. The lowest BCUT2D eigenvalue weighted by molar-refractivity contribution is 0.0932. The second-order valence-electron chi connectivity index (χ2n) is 6.99. The number of likely N-dealkylation sites (tertiary alicyclic amines) is 1. The van der Waals surface area contributed by atoms with Crippen molar-refractivity contribution in [2.45, 2.75) is 19.4 Å². The van der Waals surface area contributed by atoms with E-state index in [0.717, 1.165) is 32.5 Å². The zero-order valence-corrected chi connectivity index (χ0v) is 16.3. The minimum atomic E-state index is -0.180. The van der Waals surface area contributed by atoms with Crippen molar-refractivity contribution in [2.24, 2.45) is 5.92 Å². The van der Waals surface area contributed by atoms with Crippen molar-refractivity contribution < 1.29 is 9.53 Å². The molecule has 1 aliphatic rings. The number of hydrogen-bond donors (Lipinski definition) is 2. The van der Waals surface area contributed by atoms with Crippen LogP contribution in [0.25, 0.3) is 0 Å². The first-order chi connectivity index (χ1) is 13.1. The third-order valence-corrected chi connectivity index (χ3v) is 5.40. The SMILES string of the molecule is COc1cc(N)c(Cl)cc1C(=O)NCC1CCN(Cc2ccccc2)CC1. The molecule has 2 aromatic rings. The van der Waals surface area contributed by atoms with Crippen LogP contribution in [-0.4, -0.2) is 37.6 Å². The number of carbonyl (C=O) groups excluding carboxylic acids is 1. The monoisotopic (exact) mass is 387 g/mol. The smallest absolute Gasteiger partial charge is 0.255 e. The Morgan fingerprint density at radius 1 is 1.26 bits per heavy atom. The Kier molecular flexibility index (Phi) is 6.58. The second-order valence-corrected chi connectivity index (χ2v) is 7.40. The molecular weight excluding hydrogens is 362 g/mol. The molecule has 0 bridgehead atoms. The van der Waals surface area contributed by atoms with Crippen LogP contribution in [0.1, 0.15) is 28.8 Å². The maximum Gasteiger partial charge on any atom is 0.255 e. The summed E-state index contributed by atoms with van der Waals surface area (Å²) in [7, 11) is 1.52. The summed E-state index contributed by atoms with van der Waals surface area (Å²) in [6.07, 6.45) is 2.15. The Balaban J connectivity index is 1.49. The number of methoxy groups -OCH3 is 1. The van der Waals surface area contributed by atoms with E-state index in [1.54, 1.807) is 12.1 Å². The van der Waals surface area contributed by atoms with Gasteiger partial charge in [-0.25, -0.2) is 0 Å². The third-order valence-electron chi connectivity index (χ3n) is 5.07. The van der Waals surface area contributed by atoms with Gasteiger partial charge >= 0.3 is 0 Å². The molecule has 5 nitrogen and oxygen atoms in total. The van der Waals surface area contributed by atoms with Gasteiger partial charge in [-0.05, 0) is 43.5 Å². The molecule has 1 fully saturated rings. The normalized spacial score (nSPS) is 15.5. The fourth-order valence-electron chi connectivity index (χ4n) is 3.44. The number of hydrogen-bond acceptors (Lipinski definition) is 4. The predicted octanol–water partition coefficient (Wildman–Crippen LogP) is 3.57. The van der Waals surface area contributed by atoms with Crippen LogP contribution in [-0.2, 0) is 6.54 Å². The number of nitrogens with one attached hydrogen (secondary N) is 1. The van der Waals surface area contributed by atoms with Crippen molar-refractivity contribution in [3.63, 3.8) is 0 Å². The zero-order chi connectivity index (χ0) is 19.2. The van der Waals surface area contributed by atoms with Gasteiger partial charge in [0.05, 0.1) is 23.4 Å². The van der Waals surface area contributed by atoms with Gasteiger partial charge in [-0.1, -0.05) is 41.9 Å². The molecule has 1 heterocycles. The van der Waals surface area contributed by atoms with Crippen LogP contribution in [0, 0.1) is 5.92 Å². The average Bonchev–Trinajstić information content (AvgIpc) is 2.69. The molecular formula is C21H26ClN3O2. The van der Waals surface area contributed by atoms with E-state index in [1.807, 2.05) is 6.07 Å². The summed E-state index contributed by atoms with van der Waals surface area (Å²) in [6, 6.07) is 13.7. The Morgan fingerprint density at radius 2 is 1.96 bits per heavy atom. The van der Waals surface area contributed by atoms with Crippen molar-refractivity contribution >= 4 is 23.2 Å². The highest BCUT2D eigenvalue weighted by Crippen LogP contribution is 2.29. The lowest BCUT2D eigenvalue weighted by Crippen LogP contribution is -2.38. The van der Waals surface area contributed by atoms with E-state index in [-0.39, 0.29) is 5.91 Å². The van der Waals surface area contributed by atoms with Crippen LogP contribution in [0.2, 0.25) is 5.02 Å². The molecule has 3 N–H and O–H groups in total. The van der Waals surface area contributed by atoms with Crippen molar-refractivity contribution in [3.05, 3.63) is 58.6 Å². The van der Waals surface area contributed by atoms with Crippen LogP contribution < -0.4 is 15.8 Å². The summed E-state index contributed by atoms with van der Waals surface area (Å²) in [6.45, 7) is 3.74. The number of piperidine rings is 1. The number of rotatable bonds is 6. The molecule has 0 saturated carbocycles. The Hall–Kier alpha value is -2.24. The van der Waals surface area contributed by atoms with Gasteiger partial charge in [-0.15, -0.1) is 0 Å². The van der Waals surface area contributed by atoms with Crippen LogP contribution in [0.15, 0.2) is 42.5 Å². The van der Waals surface area contributed by atoms with Gasteiger partial charge in [0.1, 0.15) is 5.75 Å². The molecule has 1 amide bonds. The molecule has 6 heteroatoms. The Morgan fingerprint density at radius 3 is 2.63 bits per heavy atom. The van der Waals surface area contributed by atoms with Crippen LogP contribution in [0.5, 0.6) is 5.75 Å². The summed E-state index contributed by atoms with van der Waals surface area (Å²) in [5, 5.41) is 3.37. The van der Waals surface area contributed by atoms with Crippen molar-refractivity contribution in [1.29, 1.82) is 0 Å². The molecule has 0 atom stereocenters. The first-order valence-electron chi connectivity index (χ1n) is 9.24. The zero-order valence-electron chi connectivity index (χ0n) is 15.6. The lowest BCUT2D eigenvalue weighted by Gasteiger charge is -2.32. The number of nitrogen functional groups attached to an aromatic ring is 1. The van der Waals surface area contributed by atoms with E-state index >= 15 is 0 Å². The number of ether oxygens (including phenoxy) is 1. The van der Waals surface area contributed by atoms with Crippen molar-refractivity contribution in [3.8, 4) is 5.75 Å². The molecule has 1 aliphatic heterocycles. The molecule has 0 aromatic heterocycles. The van der Waals surface area contributed by atoms with Gasteiger partial charge in [-0.2, -0.15) is 0 Å². The lowest BCUT2D eigenvalue weighted by atomic mass is 9.96. The summed E-state index contributed by atoms with van der Waals surface area (Å²) < 4.78 is 5.26. The molecule has 3 rings (SSSR count). The van der Waals surface area contributed by atoms with Gasteiger partial charge in [-0.3, -0.25) is 9.69 Å². The number of benzene rings is 2. The largest absolute Gasteiger partial charge is 0.496 e. The van der Waals surface area contributed by atoms with E-state index in [2.05, 4.69) is 34.5 Å². The van der Waals surface area contributed by atoms with E-state index in [1.165, 1.54) is 12.7 Å². The minimum absolute atomic E-state index is 0.180. The quantitative estimate of drug-likeness (QED) is 0.743.